The first-order valence-electron chi connectivity index (χ1n) is 9.55. The summed E-state index contributed by atoms with van der Waals surface area (Å²) in [6.07, 6.45) is 3.28. The maximum Gasteiger partial charge on any atom is 0.229 e. The molecule has 2 aromatic rings. The lowest BCUT2D eigenvalue weighted by molar-refractivity contribution is -0.147. The molecule has 0 radical (unpaired) electrons. The molecule has 2 amide bonds. The Morgan fingerprint density at radius 3 is 2.52 bits per heavy atom. The molecule has 9 nitrogen and oxygen atoms in total. The summed E-state index contributed by atoms with van der Waals surface area (Å²) in [7, 11) is -3.60. The molecule has 1 aliphatic rings. The van der Waals surface area contributed by atoms with Crippen LogP contribution in [0.5, 0.6) is 0 Å². The standard InChI is InChI=1S/C19H25N5O4S/c1-14-16(15(2)24(22-14)17-6-3-4-10-20-17)9-11-21-29(27,28)13-12-23-18(25)7-5-8-19(23)26/h3-4,6,10,21H,5,7-9,11-13H2,1-2H3. The van der Waals surface area contributed by atoms with Crippen molar-refractivity contribution in [3.63, 3.8) is 0 Å². The van der Waals surface area contributed by atoms with Crippen molar-refractivity contribution < 1.29 is 18.0 Å². The van der Waals surface area contributed by atoms with E-state index in [9.17, 15) is 18.0 Å². The van der Waals surface area contributed by atoms with Gasteiger partial charge in [0.05, 0.1) is 11.4 Å². The summed E-state index contributed by atoms with van der Waals surface area (Å²) < 4.78 is 28.9. The number of sulfonamides is 1. The van der Waals surface area contributed by atoms with Gasteiger partial charge in [-0.05, 0) is 44.4 Å². The van der Waals surface area contributed by atoms with Crippen LogP contribution in [0.1, 0.15) is 36.2 Å². The fourth-order valence-corrected chi connectivity index (χ4v) is 4.38. The van der Waals surface area contributed by atoms with E-state index in [0.29, 0.717) is 18.7 Å². The van der Waals surface area contributed by atoms with Crippen LogP contribution in [-0.2, 0) is 26.0 Å². The second-order valence-electron chi connectivity index (χ2n) is 7.00. The fraction of sp³-hybridized carbons (Fsp3) is 0.474. The van der Waals surface area contributed by atoms with Crippen LogP contribution in [0.3, 0.4) is 0 Å². The van der Waals surface area contributed by atoms with E-state index in [-0.39, 0.29) is 43.5 Å². The maximum absolute atomic E-state index is 12.3. The Bertz CT molecular complexity index is 985. The van der Waals surface area contributed by atoms with Crippen molar-refractivity contribution >= 4 is 21.8 Å². The highest BCUT2D eigenvalue weighted by atomic mass is 32.2. The quantitative estimate of drug-likeness (QED) is 0.636. The van der Waals surface area contributed by atoms with E-state index in [2.05, 4.69) is 14.8 Å². The Labute approximate surface area is 170 Å². The van der Waals surface area contributed by atoms with Crippen LogP contribution in [0.2, 0.25) is 0 Å². The Balaban J connectivity index is 1.57. The van der Waals surface area contributed by atoms with E-state index >= 15 is 0 Å². The Morgan fingerprint density at radius 2 is 1.86 bits per heavy atom. The van der Waals surface area contributed by atoms with Crippen molar-refractivity contribution in [3.05, 3.63) is 41.3 Å². The highest BCUT2D eigenvalue weighted by Crippen LogP contribution is 2.17. The third-order valence-electron chi connectivity index (χ3n) is 4.97. The second-order valence-corrected chi connectivity index (χ2v) is 8.93. The van der Waals surface area contributed by atoms with E-state index in [1.165, 1.54) is 0 Å². The van der Waals surface area contributed by atoms with Crippen LogP contribution >= 0.6 is 0 Å². The molecule has 0 unspecified atom stereocenters. The normalized spacial score (nSPS) is 15.2. The second kappa shape index (κ2) is 8.83. The summed E-state index contributed by atoms with van der Waals surface area (Å²) in [6.45, 7) is 3.90. The number of nitrogens with zero attached hydrogens (tertiary/aromatic N) is 4. The summed E-state index contributed by atoms with van der Waals surface area (Å²) in [5.41, 5.74) is 2.68. The number of piperidine rings is 1. The predicted molar refractivity (Wildman–Crippen MR) is 107 cm³/mol. The van der Waals surface area contributed by atoms with Gasteiger partial charge in [0, 0.05) is 37.8 Å². The molecule has 0 atom stereocenters. The first-order chi connectivity index (χ1) is 13.8. The summed E-state index contributed by atoms with van der Waals surface area (Å²) in [5.74, 6) is -0.194. The lowest BCUT2D eigenvalue weighted by atomic mass is 10.1. The van der Waals surface area contributed by atoms with Crippen molar-refractivity contribution in [2.75, 3.05) is 18.8 Å². The molecule has 156 valence electrons. The summed E-state index contributed by atoms with van der Waals surface area (Å²) in [5, 5.41) is 4.50. The molecular weight excluding hydrogens is 394 g/mol. The maximum atomic E-state index is 12.3. The van der Waals surface area contributed by atoms with E-state index in [1.807, 2.05) is 32.0 Å². The zero-order valence-corrected chi connectivity index (χ0v) is 17.4. The van der Waals surface area contributed by atoms with Gasteiger partial charge in [-0.25, -0.2) is 22.8 Å². The minimum absolute atomic E-state index is 0.108. The fourth-order valence-electron chi connectivity index (χ4n) is 3.40. The molecule has 0 bridgehead atoms. The highest BCUT2D eigenvalue weighted by Gasteiger charge is 2.27. The molecule has 1 fully saturated rings. The van der Waals surface area contributed by atoms with Gasteiger partial charge in [-0.2, -0.15) is 5.10 Å². The number of hydrogen-bond acceptors (Lipinski definition) is 6. The Hall–Kier alpha value is -2.59. The number of carbonyl (C=O) groups excluding carboxylic acids is 2. The Kier molecular flexibility index (Phi) is 6.43. The van der Waals surface area contributed by atoms with Gasteiger partial charge in [-0.15, -0.1) is 0 Å². The molecule has 1 N–H and O–H groups in total. The molecule has 3 rings (SSSR count). The molecule has 10 heteroatoms. The molecule has 0 aliphatic carbocycles. The summed E-state index contributed by atoms with van der Waals surface area (Å²) >= 11 is 0. The number of aromatic nitrogens is 3. The molecule has 0 spiro atoms. The molecule has 0 aromatic carbocycles. The van der Waals surface area contributed by atoms with Crippen molar-refractivity contribution in [3.8, 4) is 5.82 Å². The molecule has 0 saturated carbocycles. The molecule has 1 aliphatic heterocycles. The van der Waals surface area contributed by atoms with Gasteiger partial charge in [-0.1, -0.05) is 6.07 Å². The van der Waals surface area contributed by atoms with Gasteiger partial charge >= 0.3 is 0 Å². The Morgan fingerprint density at radius 1 is 1.14 bits per heavy atom. The number of imide groups is 1. The van der Waals surface area contributed by atoms with Crippen molar-refractivity contribution in [1.29, 1.82) is 0 Å². The lowest BCUT2D eigenvalue weighted by Crippen LogP contribution is -2.44. The highest BCUT2D eigenvalue weighted by molar-refractivity contribution is 7.89. The lowest BCUT2D eigenvalue weighted by Gasteiger charge is -2.24. The summed E-state index contributed by atoms with van der Waals surface area (Å²) in [6, 6.07) is 5.56. The zero-order chi connectivity index (χ0) is 21.0. The van der Waals surface area contributed by atoms with Crippen LogP contribution in [0.25, 0.3) is 5.82 Å². The molecule has 1 saturated heterocycles. The van der Waals surface area contributed by atoms with E-state index < -0.39 is 10.0 Å². The van der Waals surface area contributed by atoms with Crippen LogP contribution < -0.4 is 4.72 Å². The van der Waals surface area contributed by atoms with Gasteiger partial charge in [0.25, 0.3) is 0 Å². The molecule has 29 heavy (non-hydrogen) atoms. The van der Waals surface area contributed by atoms with Gasteiger partial charge in [0.15, 0.2) is 5.82 Å². The monoisotopic (exact) mass is 419 g/mol. The van der Waals surface area contributed by atoms with E-state index in [0.717, 1.165) is 21.9 Å². The number of carbonyl (C=O) groups is 2. The van der Waals surface area contributed by atoms with E-state index in [1.54, 1.807) is 10.9 Å². The van der Waals surface area contributed by atoms with Gasteiger partial charge in [0.1, 0.15) is 0 Å². The average molecular weight is 420 g/mol. The third kappa shape index (κ3) is 5.07. The van der Waals surface area contributed by atoms with Crippen LogP contribution in [-0.4, -0.2) is 58.7 Å². The van der Waals surface area contributed by atoms with Gasteiger partial charge in [-0.3, -0.25) is 14.5 Å². The third-order valence-corrected chi connectivity index (χ3v) is 6.34. The molecule has 2 aromatic heterocycles. The first kappa shape index (κ1) is 21.1. The number of rotatable bonds is 8. The number of hydrogen-bond donors (Lipinski definition) is 1. The number of amides is 2. The summed E-state index contributed by atoms with van der Waals surface area (Å²) in [4.78, 5) is 28.9. The van der Waals surface area contributed by atoms with Crippen molar-refractivity contribution in [2.24, 2.45) is 0 Å². The smallest absolute Gasteiger partial charge is 0.229 e. The number of likely N-dealkylation sites (tertiary alicyclic amines) is 1. The van der Waals surface area contributed by atoms with Gasteiger partial charge in [0.2, 0.25) is 21.8 Å². The van der Waals surface area contributed by atoms with Crippen molar-refractivity contribution in [1.82, 2.24) is 24.4 Å². The molecule has 3 heterocycles. The van der Waals surface area contributed by atoms with E-state index in [4.69, 9.17) is 0 Å². The van der Waals surface area contributed by atoms with Crippen molar-refractivity contribution in [2.45, 2.75) is 39.5 Å². The number of pyridine rings is 1. The number of aryl methyl sites for hydroxylation is 1. The average Bonchev–Trinajstić information content (AvgIpc) is 2.96. The largest absolute Gasteiger partial charge is 0.282 e. The van der Waals surface area contributed by atoms with Crippen LogP contribution in [0.15, 0.2) is 24.4 Å². The van der Waals surface area contributed by atoms with Crippen LogP contribution in [0.4, 0.5) is 0 Å². The number of nitrogens with one attached hydrogen (secondary N) is 1. The zero-order valence-electron chi connectivity index (χ0n) is 16.6. The van der Waals surface area contributed by atoms with Crippen LogP contribution in [0, 0.1) is 13.8 Å². The minimum atomic E-state index is -3.60. The SMILES string of the molecule is Cc1nn(-c2ccccn2)c(C)c1CCNS(=O)(=O)CCN1C(=O)CCCC1=O. The minimum Gasteiger partial charge on any atom is -0.282 e. The first-order valence-corrected chi connectivity index (χ1v) is 11.2. The predicted octanol–water partition coefficient (Wildman–Crippen LogP) is 0.885. The molecular formula is C19H25N5O4S. The van der Waals surface area contributed by atoms with Gasteiger partial charge < -0.3 is 0 Å². The topological polar surface area (TPSA) is 114 Å².